The van der Waals surface area contributed by atoms with Crippen molar-refractivity contribution in [3.05, 3.63) is 11.9 Å². The number of hydrogen-bond acceptors (Lipinski definition) is 3. The molecular formula is C11H21O3P. The van der Waals surface area contributed by atoms with E-state index in [0.717, 1.165) is 12.7 Å². The van der Waals surface area contributed by atoms with Crippen molar-refractivity contribution in [1.29, 1.82) is 0 Å². The van der Waals surface area contributed by atoms with Gasteiger partial charge in [-0.05, 0) is 32.0 Å². The zero-order valence-corrected chi connectivity index (χ0v) is 10.7. The van der Waals surface area contributed by atoms with Gasteiger partial charge in [0.1, 0.15) is 6.29 Å². The van der Waals surface area contributed by atoms with Crippen LogP contribution in [0.15, 0.2) is 11.9 Å². The number of hydrogen-bond donors (Lipinski definition) is 0. The van der Waals surface area contributed by atoms with Crippen molar-refractivity contribution in [3.63, 3.8) is 0 Å². The Labute approximate surface area is 93.8 Å². The molecule has 1 unspecified atom stereocenters. The first kappa shape index (κ1) is 14.8. The standard InChI is InChI=1S/C11H21O3P/c1-4-13-15(14-5-2)10-6-7-11(3)8-9-12/h6,9-11H,4-5,7-8H2,1-3H3/b10-6+. The van der Waals surface area contributed by atoms with Crippen molar-refractivity contribution < 1.29 is 13.8 Å². The van der Waals surface area contributed by atoms with Crippen LogP contribution in [0, 0.1) is 5.92 Å². The quantitative estimate of drug-likeness (QED) is 0.451. The fraction of sp³-hybridized carbons (Fsp3) is 0.727. The number of aldehydes is 1. The van der Waals surface area contributed by atoms with Gasteiger partial charge in [-0.15, -0.1) is 0 Å². The van der Waals surface area contributed by atoms with E-state index in [4.69, 9.17) is 9.05 Å². The maximum atomic E-state index is 10.2. The normalized spacial score (nSPS) is 13.6. The maximum absolute atomic E-state index is 10.2. The van der Waals surface area contributed by atoms with E-state index in [1.165, 1.54) is 0 Å². The highest BCUT2D eigenvalue weighted by molar-refractivity contribution is 7.50. The minimum atomic E-state index is -0.870. The Morgan fingerprint density at radius 2 is 1.80 bits per heavy atom. The van der Waals surface area contributed by atoms with Gasteiger partial charge in [0.25, 0.3) is 0 Å². The second-order valence-corrected chi connectivity index (χ2v) is 4.63. The minimum Gasteiger partial charge on any atom is -0.331 e. The monoisotopic (exact) mass is 232 g/mol. The molecule has 0 aliphatic carbocycles. The van der Waals surface area contributed by atoms with E-state index >= 15 is 0 Å². The predicted molar refractivity (Wildman–Crippen MR) is 63.8 cm³/mol. The zero-order chi connectivity index (χ0) is 11.5. The molecule has 0 saturated heterocycles. The molecule has 88 valence electrons. The molecule has 0 saturated carbocycles. The summed E-state index contributed by atoms with van der Waals surface area (Å²) in [6.45, 7) is 7.30. The Kier molecular flexibility index (Phi) is 10.1. The molecule has 1 atom stereocenters. The third-order valence-corrected chi connectivity index (χ3v) is 3.26. The van der Waals surface area contributed by atoms with Gasteiger partial charge in [-0.25, -0.2) is 0 Å². The molecule has 0 heterocycles. The Bertz CT molecular complexity index is 177. The van der Waals surface area contributed by atoms with E-state index in [9.17, 15) is 4.79 Å². The molecule has 0 aromatic heterocycles. The van der Waals surface area contributed by atoms with Crippen molar-refractivity contribution in [2.24, 2.45) is 5.92 Å². The van der Waals surface area contributed by atoms with Gasteiger partial charge < -0.3 is 13.8 Å². The van der Waals surface area contributed by atoms with Crippen LogP contribution in [-0.4, -0.2) is 19.5 Å². The molecule has 0 aromatic rings. The highest BCUT2D eigenvalue weighted by Gasteiger charge is 2.04. The van der Waals surface area contributed by atoms with E-state index < -0.39 is 8.38 Å². The first-order valence-electron chi connectivity index (χ1n) is 5.39. The molecule has 0 amide bonds. The fourth-order valence-corrected chi connectivity index (χ4v) is 2.07. The Morgan fingerprint density at radius 3 is 2.27 bits per heavy atom. The van der Waals surface area contributed by atoms with Gasteiger partial charge in [-0.3, -0.25) is 0 Å². The third-order valence-electron chi connectivity index (χ3n) is 1.78. The first-order chi connectivity index (χ1) is 7.24. The Morgan fingerprint density at radius 1 is 1.20 bits per heavy atom. The molecule has 0 aromatic carbocycles. The molecule has 0 aliphatic heterocycles. The maximum Gasteiger partial charge on any atom is 0.196 e. The largest absolute Gasteiger partial charge is 0.331 e. The number of carbonyl (C=O) groups is 1. The van der Waals surface area contributed by atoms with Gasteiger partial charge in [-0.1, -0.05) is 13.0 Å². The van der Waals surface area contributed by atoms with Crippen molar-refractivity contribution in [2.45, 2.75) is 33.6 Å². The molecule has 0 N–H and O–H groups in total. The van der Waals surface area contributed by atoms with E-state index in [2.05, 4.69) is 6.92 Å². The lowest BCUT2D eigenvalue weighted by Gasteiger charge is -2.11. The number of allylic oxidation sites excluding steroid dienone is 1. The van der Waals surface area contributed by atoms with Crippen LogP contribution >= 0.6 is 8.38 Å². The van der Waals surface area contributed by atoms with Gasteiger partial charge in [0, 0.05) is 6.42 Å². The summed E-state index contributed by atoms with van der Waals surface area (Å²) in [6.07, 6.45) is 4.53. The highest BCUT2D eigenvalue weighted by Crippen LogP contribution is 2.39. The topological polar surface area (TPSA) is 35.5 Å². The molecule has 0 radical (unpaired) electrons. The van der Waals surface area contributed by atoms with Crippen LogP contribution < -0.4 is 0 Å². The minimum absolute atomic E-state index is 0.402. The van der Waals surface area contributed by atoms with Gasteiger partial charge >= 0.3 is 0 Å². The predicted octanol–water partition coefficient (Wildman–Crippen LogP) is 3.50. The molecule has 0 fully saturated rings. The van der Waals surface area contributed by atoms with Crippen molar-refractivity contribution in [1.82, 2.24) is 0 Å². The lowest BCUT2D eigenvalue weighted by molar-refractivity contribution is -0.108. The Hall–Kier alpha value is -0.240. The average molecular weight is 232 g/mol. The summed E-state index contributed by atoms with van der Waals surface area (Å²) in [5.41, 5.74) is 0. The van der Waals surface area contributed by atoms with Gasteiger partial charge in [0.2, 0.25) is 0 Å². The molecule has 3 nitrogen and oxygen atoms in total. The number of carbonyl (C=O) groups excluding carboxylic acids is 1. The third kappa shape index (κ3) is 8.73. The first-order valence-corrected chi connectivity index (χ1v) is 6.64. The summed E-state index contributed by atoms with van der Waals surface area (Å²) in [4.78, 5) is 10.2. The second kappa shape index (κ2) is 10.3. The lowest BCUT2D eigenvalue weighted by Crippen LogP contribution is -1.93. The van der Waals surface area contributed by atoms with E-state index in [-0.39, 0.29) is 0 Å². The van der Waals surface area contributed by atoms with Crippen LogP contribution in [0.5, 0.6) is 0 Å². The molecule has 0 spiro atoms. The van der Waals surface area contributed by atoms with Crippen LogP contribution in [-0.2, 0) is 13.8 Å². The summed E-state index contributed by atoms with van der Waals surface area (Å²) in [5, 5.41) is 0. The second-order valence-electron chi connectivity index (χ2n) is 3.25. The molecule has 4 heteroatoms. The van der Waals surface area contributed by atoms with Crippen molar-refractivity contribution >= 4 is 14.7 Å². The zero-order valence-electron chi connectivity index (χ0n) is 9.81. The summed E-state index contributed by atoms with van der Waals surface area (Å²) < 4.78 is 10.8. The molecular weight excluding hydrogens is 211 g/mol. The molecule has 0 bridgehead atoms. The smallest absolute Gasteiger partial charge is 0.196 e. The lowest BCUT2D eigenvalue weighted by atomic mass is 10.1. The fourth-order valence-electron chi connectivity index (χ4n) is 1.02. The Balaban J connectivity index is 3.81. The van der Waals surface area contributed by atoms with Gasteiger partial charge in [0.15, 0.2) is 8.38 Å². The van der Waals surface area contributed by atoms with Crippen LogP contribution in [0.2, 0.25) is 0 Å². The summed E-state index contributed by atoms with van der Waals surface area (Å²) in [6, 6.07) is 0. The van der Waals surface area contributed by atoms with Crippen LogP contribution in [0.1, 0.15) is 33.6 Å². The average Bonchev–Trinajstić information content (AvgIpc) is 2.19. The van der Waals surface area contributed by atoms with Crippen LogP contribution in [0.3, 0.4) is 0 Å². The van der Waals surface area contributed by atoms with Crippen LogP contribution in [0.25, 0.3) is 0 Å². The van der Waals surface area contributed by atoms with E-state index in [1.807, 2.05) is 25.7 Å². The molecule has 0 rings (SSSR count). The molecule has 15 heavy (non-hydrogen) atoms. The summed E-state index contributed by atoms with van der Waals surface area (Å²) in [7, 11) is -0.870. The van der Waals surface area contributed by atoms with E-state index in [0.29, 0.717) is 25.6 Å². The van der Waals surface area contributed by atoms with Crippen LogP contribution in [0.4, 0.5) is 0 Å². The van der Waals surface area contributed by atoms with Gasteiger partial charge in [-0.2, -0.15) is 0 Å². The van der Waals surface area contributed by atoms with Crippen molar-refractivity contribution in [2.75, 3.05) is 13.2 Å². The molecule has 0 aliphatic rings. The highest BCUT2D eigenvalue weighted by atomic mass is 31.2. The SMILES string of the molecule is CCOP(/C=C/CC(C)CC=O)OCC. The summed E-state index contributed by atoms with van der Waals surface area (Å²) in [5.74, 6) is 2.38. The van der Waals surface area contributed by atoms with Crippen molar-refractivity contribution in [3.8, 4) is 0 Å². The van der Waals surface area contributed by atoms with Gasteiger partial charge in [0.05, 0.1) is 13.2 Å². The summed E-state index contributed by atoms with van der Waals surface area (Å²) >= 11 is 0. The van der Waals surface area contributed by atoms with E-state index in [1.54, 1.807) is 0 Å². The number of rotatable bonds is 9.